The number of aromatic nitrogens is 4. The van der Waals surface area contributed by atoms with Crippen LogP contribution < -0.4 is 4.72 Å². The Morgan fingerprint density at radius 1 is 0.966 bits per heavy atom. The van der Waals surface area contributed by atoms with Crippen LogP contribution in [-0.4, -0.2) is 27.9 Å². The lowest BCUT2D eigenvalue weighted by molar-refractivity contribution is 0.600. The number of hydrogen-bond acceptors (Lipinski definition) is 5. The average molecular weight is 426 g/mol. The van der Waals surface area contributed by atoms with Crippen molar-refractivity contribution in [1.29, 1.82) is 0 Å². The van der Waals surface area contributed by atoms with Crippen molar-refractivity contribution in [2.45, 2.75) is 11.8 Å². The summed E-state index contributed by atoms with van der Waals surface area (Å²) in [5, 5.41) is 0.391. The maximum absolute atomic E-state index is 12.9. The fraction of sp³-hybridized carbons (Fsp3) is 0.0500. The molecule has 146 valence electrons. The van der Waals surface area contributed by atoms with Gasteiger partial charge in [-0.1, -0.05) is 48.0 Å². The van der Waals surface area contributed by atoms with Crippen LogP contribution in [0.15, 0.2) is 78.2 Å². The highest BCUT2D eigenvalue weighted by molar-refractivity contribution is 7.92. The molecule has 2 aromatic carbocycles. The van der Waals surface area contributed by atoms with Crippen molar-refractivity contribution in [3.8, 4) is 17.1 Å². The van der Waals surface area contributed by atoms with Gasteiger partial charge in [0.2, 0.25) is 0 Å². The summed E-state index contributed by atoms with van der Waals surface area (Å²) in [7, 11) is -3.92. The highest BCUT2D eigenvalue weighted by Gasteiger charge is 2.20. The zero-order valence-electron chi connectivity index (χ0n) is 15.3. The zero-order chi connectivity index (χ0) is 20.4. The number of imidazole rings is 1. The molecule has 4 aromatic rings. The van der Waals surface area contributed by atoms with E-state index in [0.29, 0.717) is 28.0 Å². The highest BCUT2D eigenvalue weighted by Crippen LogP contribution is 2.31. The van der Waals surface area contributed by atoms with E-state index in [2.05, 4.69) is 19.7 Å². The molecule has 0 unspecified atom stereocenters. The fourth-order valence-corrected chi connectivity index (χ4v) is 4.07. The zero-order valence-corrected chi connectivity index (χ0v) is 16.9. The third-order valence-corrected chi connectivity index (χ3v) is 5.89. The van der Waals surface area contributed by atoms with Crippen molar-refractivity contribution >= 4 is 27.3 Å². The van der Waals surface area contributed by atoms with Crippen molar-refractivity contribution in [3.05, 3.63) is 84.2 Å². The number of sulfonamides is 1. The van der Waals surface area contributed by atoms with Crippen molar-refractivity contribution in [2.24, 2.45) is 0 Å². The Morgan fingerprint density at radius 3 is 2.34 bits per heavy atom. The highest BCUT2D eigenvalue weighted by atomic mass is 35.5. The second-order valence-corrected chi connectivity index (χ2v) is 8.28. The summed E-state index contributed by atoms with van der Waals surface area (Å²) in [6.07, 6.45) is 5.90. The molecule has 0 radical (unpaired) electrons. The van der Waals surface area contributed by atoms with Crippen molar-refractivity contribution in [3.63, 3.8) is 0 Å². The molecular formula is C20H16ClN5O2S. The van der Waals surface area contributed by atoms with Crippen LogP contribution in [0, 0.1) is 6.92 Å². The van der Waals surface area contributed by atoms with Crippen LogP contribution in [0.25, 0.3) is 17.1 Å². The average Bonchev–Trinajstić information content (AvgIpc) is 3.14. The van der Waals surface area contributed by atoms with E-state index >= 15 is 0 Å². The number of hydrogen-bond donors (Lipinski definition) is 1. The summed E-state index contributed by atoms with van der Waals surface area (Å²) >= 11 is 6.35. The molecule has 0 bridgehead atoms. The molecule has 9 heteroatoms. The summed E-state index contributed by atoms with van der Waals surface area (Å²) in [4.78, 5) is 12.5. The van der Waals surface area contributed by atoms with Gasteiger partial charge in [-0.15, -0.1) is 0 Å². The molecule has 0 saturated carbocycles. The second-order valence-electron chi connectivity index (χ2n) is 6.19. The number of benzene rings is 2. The first-order chi connectivity index (χ1) is 14.0. The normalized spacial score (nSPS) is 11.4. The topological polar surface area (TPSA) is 89.8 Å². The quantitative estimate of drug-likeness (QED) is 0.520. The second kappa shape index (κ2) is 7.65. The van der Waals surface area contributed by atoms with Crippen LogP contribution >= 0.6 is 11.6 Å². The van der Waals surface area contributed by atoms with Crippen LogP contribution in [0.1, 0.15) is 5.82 Å². The first-order valence-corrected chi connectivity index (χ1v) is 10.5. The molecule has 0 atom stereocenters. The Labute approximate surface area is 173 Å². The Bertz CT molecular complexity index is 1260. The summed E-state index contributed by atoms with van der Waals surface area (Å²) < 4.78 is 30.1. The van der Waals surface area contributed by atoms with E-state index in [-0.39, 0.29) is 4.90 Å². The number of aryl methyl sites for hydroxylation is 1. The number of nitrogens with one attached hydrogen (secondary N) is 1. The van der Waals surface area contributed by atoms with Gasteiger partial charge in [0.1, 0.15) is 10.7 Å². The Balaban J connectivity index is 1.68. The van der Waals surface area contributed by atoms with E-state index in [1.165, 1.54) is 12.4 Å². The first-order valence-electron chi connectivity index (χ1n) is 8.65. The first kappa shape index (κ1) is 19.1. The molecule has 0 aliphatic rings. The van der Waals surface area contributed by atoms with Crippen LogP contribution in [-0.2, 0) is 10.0 Å². The van der Waals surface area contributed by atoms with Crippen LogP contribution in [0.3, 0.4) is 0 Å². The number of halogens is 1. The Morgan fingerprint density at radius 2 is 1.69 bits per heavy atom. The van der Waals surface area contributed by atoms with E-state index in [1.54, 1.807) is 42.1 Å². The molecule has 2 aromatic heterocycles. The van der Waals surface area contributed by atoms with Gasteiger partial charge in [0.15, 0.2) is 5.82 Å². The fourth-order valence-electron chi connectivity index (χ4n) is 2.85. The van der Waals surface area contributed by atoms with E-state index < -0.39 is 10.0 Å². The number of anilines is 1. The van der Waals surface area contributed by atoms with Crippen LogP contribution in [0.5, 0.6) is 0 Å². The minimum atomic E-state index is -3.92. The van der Waals surface area contributed by atoms with Gasteiger partial charge in [-0.05, 0) is 19.1 Å². The number of rotatable bonds is 5. The third kappa shape index (κ3) is 3.85. The third-order valence-electron chi connectivity index (χ3n) is 4.27. The lowest BCUT2D eigenvalue weighted by Gasteiger charge is -2.15. The minimum Gasteiger partial charge on any atom is -0.300 e. The maximum Gasteiger partial charge on any atom is 0.265 e. The minimum absolute atomic E-state index is 0.0505. The van der Waals surface area contributed by atoms with Gasteiger partial charge < -0.3 is 4.57 Å². The summed E-state index contributed by atoms with van der Waals surface area (Å²) in [5.41, 5.74) is 1.62. The SMILES string of the molecule is Cc1nccn1-c1c(Cl)cccc1NS(=O)(=O)c1cnc(-c2ccccc2)nc1. The van der Waals surface area contributed by atoms with Gasteiger partial charge in [0.05, 0.1) is 28.8 Å². The van der Waals surface area contributed by atoms with Gasteiger partial charge in [0.25, 0.3) is 10.0 Å². The molecule has 2 heterocycles. The van der Waals surface area contributed by atoms with Crippen molar-refractivity contribution in [2.75, 3.05) is 4.72 Å². The molecule has 4 rings (SSSR count). The van der Waals surface area contributed by atoms with Gasteiger partial charge in [-0.25, -0.2) is 23.4 Å². The number of nitrogens with zero attached hydrogens (tertiary/aromatic N) is 4. The lowest BCUT2D eigenvalue weighted by atomic mass is 10.2. The monoisotopic (exact) mass is 425 g/mol. The van der Waals surface area contributed by atoms with E-state index in [1.807, 2.05) is 30.3 Å². The predicted octanol–water partition coefficient (Wildman–Crippen LogP) is 4.09. The molecule has 0 amide bonds. The molecular weight excluding hydrogens is 410 g/mol. The van der Waals surface area contributed by atoms with Gasteiger partial charge >= 0.3 is 0 Å². The lowest BCUT2D eigenvalue weighted by Crippen LogP contribution is -2.16. The van der Waals surface area contributed by atoms with Gasteiger partial charge in [-0.2, -0.15) is 0 Å². The molecule has 0 spiro atoms. The predicted molar refractivity (Wildman–Crippen MR) is 112 cm³/mol. The molecule has 0 aliphatic heterocycles. The molecule has 1 N–H and O–H groups in total. The number of para-hydroxylation sites is 1. The standard InChI is InChI=1S/C20H16ClN5O2S/c1-14-22-10-11-26(14)19-17(21)8-5-9-18(19)25-29(27,28)16-12-23-20(24-13-16)15-6-3-2-4-7-15/h2-13,25H,1H3. The van der Waals surface area contributed by atoms with Crippen molar-refractivity contribution < 1.29 is 8.42 Å². The van der Waals surface area contributed by atoms with E-state index in [9.17, 15) is 8.42 Å². The summed E-state index contributed by atoms with van der Waals surface area (Å²) in [6.45, 7) is 1.80. The van der Waals surface area contributed by atoms with Crippen LogP contribution in [0.4, 0.5) is 5.69 Å². The summed E-state index contributed by atoms with van der Waals surface area (Å²) in [5.74, 6) is 1.12. The molecule has 7 nitrogen and oxygen atoms in total. The summed E-state index contributed by atoms with van der Waals surface area (Å²) in [6, 6.07) is 14.3. The maximum atomic E-state index is 12.9. The Kier molecular flexibility index (Phi) is 5.04. The van der Waals surface area contributed by atoms with E-state index in [0.717, 1.165) is 5.56 Å². The van der Waals surface area contributed by atoms with Gasteiger partial charge in [-0.3, -0.25) is 4.72 Å². The smallest absolute Gasteiger partial charge is 0.265 e. The Hall–Kier alpha value is -3.23. The molecule has 0 saturated heterocycles. The van der Waals surface area contributed by atoms with Crippen molar-refractivity contribution in [1.82, 2.24) is 19.5 Å². The van der Waals surface area contributed by atoms with Crippen LogP contribution in [0.2, 0.25) is 5.02 Å². The largest absolute Gasteiger partial charge is 0.300 e. The molecule has 29 heavy (non-hydrogen) atoms. The molecule has 0 aliphatic carbocycles. The van der Waals surface area contributed by atoms with E-state index in [4.69, 9.17) is 11.6 Å². The van der Waals surface area contributed by atoms with Gasteiger partial charge in [0, 0.05) is 18.0 Å². The molecule has 0 fully saturated rings.